The van der Waals surface area contributed by atoms with Crippen LogP contribution in [0.15, 0.2) is 54.6 Å². The van der Waals surface area contributed by atoms with Gasteiger partial charge in [-0.2, -0.15) is 0 Å². The van der Waals surface area contributed by atoms with Crippen LogP contribution in [0, 0.1) is 5.92 Å². The van der Waals surface area contributed by atoms with E-state index in [4.69, 9.17) is 4.74 Å². The third-order valence-electron chi connectivity index (χ3n) is 6.99. The summed E-state index contributed by atoms with van der Waals surface area (Å²) in [5, 5.41) is 0. The SMILES string of the molecule is O=C(c1ccc(N2CCOCC2)cc1)C1CC2CCC(C1)N2Cc1ccccc1. The summed E-state index contributed by atoms with van der Waals surface area (Å²) in [4.78, 5) is 18.2. The van der Waals surface area contributed by atoms with Crippen molar-refractivity contribution in [1.82, 2.24) is 4.90 Å². The average Bonchev–Trinajstić information content (AvgIpc) is 3.01. The number of carbonyl (C=O) groups excluding carboxylic acids is 1. The van der Waals surface area contributed by atoms with Gasteiger partial charge in [0, 0.05) is 48.9 Å². The maximum absolute atomic E-state index is 13.2. The average molecular weight is 391 g/mol. The number of carbonyl (C=O) groups is 1. The number of rotatable bonds is 5. The van der Waals surface area contributed by atoms with Crippen molar-refractivity contribution in [3.63, 3.8) is 0 Å². The highest BCUT2D eigenvalue weighted by Gasteiger charge is 2.42. The van der Waals surface area contributed by atoms with E-state index in [1.807, 2.05) is 12.1 Å². The molecule has 3 fully saturated rings. The monoisotopic (exact) mass is 390 g/mol. The Morgan fingerprint density at radius 1 is 0.897 bits per heavy atom. The van der Waals surface area contributed by atoms with Crippen LogP contribution in [-0.4, -0.2) is 49.1 Å². The quantitative estimate of drug-likeness (QED) is 0.718. The van der Waals surface area contributed by atoms with E-state index >= 15 is 0 Å². The van der Waals surface area contributed by atoms with Crippen LogP contribution in [0.3, 0.4) is 0 Å². The molecular weight excluding hydrogens is 360 g/mol. The molecule has 0 spiro atoms. The number of morpholine rings is 1. The van der Waals surface area contributed by atoms with Gasteiger partial charge in [0.1, 0.15) is 0 Å². The van der Waals surface area contributed by atoms with E-state index in [2.05, 4.69) is 52.3 Å². The predicted octanol–water partition coefficient (Wildman–Crippen LogP) is 4.15. The van der Waals surface area contributed by atoms with Crippen molar-refractivity contribution in [2.75, 3.05) is 31.2 Å². The summed E-state index contributed by atoms with van der Waals surface area (Å²) in [6, 6.07) is 20.1. The lowest BCUT2D eigenvalue weighted by molar-refractivity contribution is 0.0678. The van der Waals surface area contributed by atoms with Crippen LogP contribution >= 0.6 is 0 Å². The second-order valence-corrected chi connectivity index (χ2v) is 8.72. The molecule has 29 heavy (non-hydrogen) atoms. The standard InChI is InChI=1S/C25H30N2O2/c28-25(20-6-8-22(9-7-20)26-12-14-29-15-13-26)21-16-23-10-11-24(17-21)27(23)18-19-4-2-1-3-5-19/h1-9,21,23-24H,10-18H2. The van der Waals surface area contributed by atoms with Crippen LogP contribution in [0.25, 0.3) is 0 Å². The normalized spacial score (nSPS) is 27.2. The fraction of sp³-hybridized carbons (Fsp3) is 0.480. The molecule has 0 saturated carbocycles. The van der Waals surface area contributed by atoms with Gasteiger partial charge in [0.05, 0.1) is 13.2 Å². The van der Waals surface area contributed by atoms with E-state index in [1.165, 1.54) is 24.1 Å². The van der Waals surface area contributed by atoms with Crippen LogP contribution in [0.1, 0.15) is 41.6 Å². The zero-order valence-corrected chi connectivity index (χ0v) is 17.0. The predicted molar refractivity (Wildman–Crippen MR) is 115 cm³/mol. The maximum atomic E-state index is 13.2. The summed E-state index contributed by atoms with van der Waals surface area (Å²) in [7, 11) is 0. The van der Waals surface area contributed by atoms with Gasteiger partial charge in [-0.25, -0.2) is 0 Å². The molecule has 3 saturated heterocycles. The Morgan fingerprint density at radius 2 is 1.55 bits per heavy atom. The molecule has 4 nitrogen and oxygen atoms in total. The smallest absolute Gasteiger partial charge is 0.166 e. The van der Waals surface area contributed by atoms with Crippen LogP contribution in [0.4, 0.5) is 5.69 Å². The molecule has 2 unspecified atom stereocenters. The molecule has 0 amide bonds. The molecule has 4 heteroatoms. The molecule has 3 aliphatic heterocycles. The first kappa shape index (κ1) is 18.8. The number of piperidine rings is 1. The molecule has 5 rings (SSSR count). The van der Waals surface area contributed by atoms with Gasteiger partial charge in [-0.15, -0.1) is 0 Å². The molecule has 0 N–H and O–H groups in total. The Morgan fingerprint density at radius 3 is 2.21 bits per heavy atom. The van der Waals surface area contributed by atoms with E-state index in [1.54, 1.807) is 0 Å². The van der Waals surface area contributed by atoms with Crippen LogP contribution < -0.4 is 4.90 Å². The number of Topliss-reactive ketones (excluding diaryl/α,β-unsaturated/α-hetero) is 1. The van der Waals surface area contributed by atoms with E-state index in [9.17, 15) is 4.79 Å². The Hall–Kier alpha value is -2.17. The highest BCUT2D eigenvalue weighted by molar-refractivity contribution is 5.98. The van der Waals surface area contributed by atoms with Crippen molar-refractivity contribution in [1.29, 1.82) is 0 Å². The minimum Gasteiger partial charge on any atom is -0.378 e. The third kappa shape index (κ3) is 3.96. The lowest BCUT2D eigenvalue weighted by Gasteiger charge is -2.38. The Labute approximate surface area is 173 Å². The number of anilines is 1. The van der Waals surface area contributed by atoms with Crippen molar-refractivity contribution in [2.45, 2.75) is 44.3 Å². The number of hydrogen-bond donors (Lipinski definition) is 0. The molecule has 0 aromatic heterocycles. The largest absolute Gasteiger partial charge is 0.378 e. The number of benzene rings is 2. The van der Waals surface area contributed by atoms with Gasteiger partial charge in [0.15, 0.2) is 5.78 Å². The minimum absolute atomic E-state index is 0.175. The summed E-state index contributed by atoms with van der Waals surface area (Å²) < 4.78 is 5.43. The van der Waals surface area contributed by atoms with E-state index in [-0.39, 0.29) is 5.92 Å². The zero-order valence-electron chi connectivity index (χ0n) is 17.0. The molecule has 2 atom stereocenters. The van der Waals surface area contributed by atoms with Crippen molar-refractivity contribution in [3.8, 4) is 0 Å². The van der Waals surface area contributed by atoms with Gasteiger partial charge < -0.3 is 9.64 Å². The third-order valence-corrected chi connectivity index (χ3v) is 6.99. The van der Waals surface area contributed by atoms with Crippen LogP contribution in [-0.2, 0) is 11.3 Å². The molecule has 2 bridgehead atoms. The van der Waals surface area contributed by atoms with Crippen LogP contribution in [0.2, 0.25) is 0 Å². The highest BCUT2D eigenvalue weighted by atomic mass is 16.5. The zero-order chi connectivity index (χ0) is 19.6. The van der Waals surface area contributed by atoms with Gasteiger partial charge in [-0.3, -0.25) is 9.69 Å². The van der Waals surface area contributed by atoms with E-state index in [0.717, 1.165) is 51.3 Å². The topological polar surface area (TPSA) is 32.8 Å². The van der Waals surface area contributed by atoms with Gasteiger partial charge >= 0.3 is 0 Å². The van der Waals surface area contributed by atoms with Crippen LogP contribution in [0.5, 0.6) is 0 Å². The Bertz CT molecular complexity index is 816. The lowest BCUT2D eigenvalue weighted by Crippen LogP contribution is -2.44. The summed E-state index contributed by atoms with van der Waals surface area (Å²) in [6.45, 7) is 4.44. The van der Waals surface area contributed by atoms with Crippen molar-refractivity contribution < 1.29 is 9.53 Å². The first-order chi connectivity index (χ1) is 14.3. The van der Waals surface area contributed by atoms with Crippen molar-refractivity contribution >= 4 is 11.5 Å². The minimum atomic E-state index is 0.175. The van der Waals surface area contributed by atoms with Gasteiger partial charge in [-0.1, -0.05) is 30.3 Å². The summed E-state index contributed by atoms with van der Waals surface area (Å²) in [5.74, 6) is 0.517. The first-order valence-electron chi connectivity index (χ1n) is 11.0. The second kappa shape index (κ2) is 8.29. The number of ketones is 1. The lowest BCUT2D eigenvalue weighted by atomic mass is 9.84. The molecule has 0 aliphatic carbocycles. The Kier molecular flexibility index (Phi) is 5.38. The molecule has 152 valence electrons. The van der Waals surface area contributed by atoms with Gasteiger partial charge in [-0.05, 0) is 55.5 Å². The molecule has 3 heterocycles. The number of hydrogen-bond acceptors (Lipinski definition) is 4. The molecule has 0 radical (unpaired) electrons. The molecular formula is C25H30N2O2. The fourth-order valence-electron chi connectivity index (χ4n) is 5.43. The van der Waals surface area contributed by atoms with Gasteiger partial charge in [0.2, 0.25) is 0 Å². The summed E-state index contributed by atoms with van der Waals surface area (Å²) in [5.41, 5.74) is 3.46. The second-order valence-electron chi connectivity index (χ2n) is 8.72. The fourth-order valence-corrected chi connectivity index (χ4v) is 5.43. The maximum Gasteiger partial charge on any atom is 0.166 e. The van der Waals surface area contributed by atoms with E-state index in [0.29, 0.717) is 17.9 Å². The first-order valence-corrected chi connectivity index (χ1v) is 11.0. The Balaban J connectivity index is 1.24. The molecule has 3 aliphatic rings. The molecule has 2 aromatic carbocycles. The number of nitrogens with zero attached hydrogens (tertiary/aromatic N) is 2. The summed E-state index contributed by atoms with van der Waals surface area (Å²) >= 11 is 0. The van der Waals surface area contributed by atoms with Crippen molar-refractivity contribution in [2.24, 2.45) is 5.92 Å². The van der Waals surface area contributed by atoms with Crippen molar-refractivity contribution in [3.05, 3.63) is 65.7 Å². The molecule has 2 aromatic rings. The summed E-state index contributed by atoms with van der Waals surface area (Å²) in [6.07, 6.45) is 4.48. The van der Waals surface area contributed by atoms with Gasteiger partial charge in [0.25, 0.3) is 0 Å². The number of ether oxygens (including phenoxy) is 1. The van der Waals surface area contributed by atoms with E-state index < -0.39 is 0 Å². The number of fused-ring (bicyclic) bond motifs is 2. The highest BCUT2D eigenvalue weighted by Crippen LogP contribution is 2.40.